The van der Waals surface area contributed by atoms with E-state index in [1.54, 1.807) is 12.1 Å². The van der Waals surface area contributed by atoms with Crippen molar-refractivity contribution in [3.05, 3.63) is 48.0 Å². The number of furan rings is 1. The maximum Gasteiger partial charge on any atom is 0.300 e. The number of benzene rings is 2. The van der Waals surface area contributed by atoms with Gasteiger partial charge in [-0.25, -0.2) is 17.5 Å². The Morgan fingerprint density at radius 2 is 1.76 bits per heavy atom. The summed E-state index contributed by atoms with van der Waals surface area (Å²) in [5.74, 6) is -1.75. The van der Waals surface area contributed by atoms with Crippen molar-refractivity contribution in [1.29, 1.82) is 0 Å². The number of sulfonamides is 1. The van der Waals surface area contributed by atoms with E-state index in [9.17, 15) is 17.6 Å². The van der Waals surface area contributed by atoms with Crippen LogP contribution in [0.4, 0.5) is 15.8 Å². The molecule has 3 heterocycles. The van der Waals surface area contributed by atoms with Gasteiger partial charge < -0.3 is 23.7 Å². The third kappa shape index (κ3) is 4.16. The van der Waals surface area contributed by atoms with E-state index in [1.165, 1.54) is 31.4 Å². The van der Waals surface area contributed by atoms with Crippen molar-refractivity contribution < 1.29 is 31.5 Å². The predicted molar refractivity (Wildman–Crippen MR) is 124 cm³/mol. The summed E-state index contributed by atoms with van der Waals surface area (Å²) in [4.78, 5) is 16.6. The van der Waals surface area contributed by atoms with Crippen molar-refractivity contribution >= 4 is 38.3 Å². The molecule has 5 rings (SSSR count). The van der Waals surface area contributed by atoms with Gasteiger partial charge in [0.15, 0.2) is 5.76 Å². The minimum atomic E-state index is -4.32. The average Bonchev–Trinajstić information content (AvgIpc) is 3.23. The number of carbonyl (C=O) groups excluding carboxylic acids is 1. The summed E-state index contributed by atoms with van der Waals surface area (Å²) in [6.45, 7) is 3.94. The Bertz CT molecular complexity index is 1350. The fourth-order valence-electron chi connectivity index (χ4n) is 4.07. The zero-order valence-corrected chi connectivity index (χ0v) is 19.4. The van der Waals surface area contributed by atoms with Crippen LogP contribution in [0.25, 0.3) is 11.0 Å². The normalized spacial score (nSPS) is 16.4. The molecule has 0 atom stereocenters. The highest BCUT2D eigenvalue weighted by molar-refractivity contribution is 7.90. The van der Waals surface area contributed by atoms with Crippen LogP contribution in [-0.2, 0) is 14.8 Å². The number of nitrogens with zero attached hydrogens (tertiary/aromatic N) is 2. The molecule has 11 heteroatoms. The molecule has 3 aromatic rings. The molecular weight excluding hydrogens is 465 g/mol. The summed E-state index contributed by atoms with van der Waals surface area (Å²) in [5, 5.41) is 0.110. The van der Waals surface area contributed by atoms with Crippen LogP contribution in [0, 0.1) is 5.82 Å². The third-order valence-electron chi connectivity index (χ3n) is 6.06. The SMILES string of the molecule is COc1ccc(N2CCOCC2)cc1S(=O)(=O)NC(=O)c1cc2c(F)cc(N3CCC3)cc2o1. The van der Waals surface area contributed by atoms with Gasteiger partial charge in [0.25, 0.3) is 10.0 Å². The van der Waals surface area contributed by atoms with Crippen molar-refractivity contribution in [1.82, 2.24) is 4.72 Å². The van der Waals surface area contributed by atoms with Gasteiger partial charge in [0.2, 0.25) is 0 Å². The highest BCUT2D eigenvalue weighted by atomic mass is 32.2. The van der Waals surface area contributed by atoms with E-state index in [-0.39, 0.29) is 27.4 Å². The molecular formula is C23H24FN3O6S. The van der Waals surface area contributed by atoms with Gasteiger partial charge in [0, 0.05) is 49.7 Å². The number of hydrogen-bond acceptors (Lipinski definition) is 8. The lowest BCUT2D eigenvalue weighted by molar-refractivity contribution is 0.0956. The fraction of sp³-hybridized carbons (Fsp3) is 0.348. The zero-order valence-electron chi connectivity index (χ0n) is 18.5. The molecule has 2 aromatic carbocycles. The second-order valence-corrected chi connectivity index (χ2v) is 9.81. The highest BCUT2D eigenvalue weighted by Crippen LogP contribution is 2.32. The van der Waals surface area contributed by atoms with Crippen LogP contribution in [0.2, 0.25) is 0 Å². The first-order chi connectivity index (χ1) is 16.4. The largest absolute Gasteiger partial charge is 0.495 e. The molecule has 0 unspecified atom stereocenters. The van der Waals surface area contributed by atoms with Crippen molar-refractivity contribution in [3.8, 4) is 5.75 Å². The summed E-state index contributed by atoms with van der Waals surface area (Å²) in [6, 6.07) is 8.99. The first-order valence-electron chi connectivity index (χ1n) is 10.9. The van der Waals surface area contributed by atoms with Crippen LogP contribution >= 0.6 is 0 Å². The molecule has 0 aliphatic carbocycles. The molecule has 1 amide bonds. The van der Waals surface area contributed by atoms with Crippen LogP contribution in [0.1, 0.15) is 17.0 Å². The molecule has 2 saturated heterocycles. The first-order valence-corrected chi connectivity index (χ1v) is 12.4. The second-order valence-electron chi connectivity index (χ2n) is 8.16. The maximum atomic E-state index is 14.6. The number of amides is 1. The molecule has 2 aliphatic heterocycles. The lowest BCUT2D eigenvalue weighted by Crippen LogP contribution is -2.36. The summed E-state index contributed by atoms with van der Waals surface area (Å²) in [5.41, 5.74) is 1.51. The monoisotopic (exact) mass is 489 g/mol. The molecule has 1 N–H and O–H groups in total. The Morgan fingerprint density at radius 3 is 2.44 bits per heavy atom. The van der Waals surface area contributed by atoms with E-state index in [4.69, 9.17) is 13.9 Å². The molecule has 34 heavy (non-hydrogen) atoms. The van der Waals surface area contributed by atoms with E-state index >= 15 is 0 Å². The topological polar surface area (TPSA) is 101 Å². The molecule has 0 spiro atoms. The first kappa shape index (κ1) is 22.5. The predicted octanol–water partition coefficient (Wildman–Crippen LogP) is 2.75. The van der Waals surface area contributed by atoms with Crippen molar-refractivity contribution in [2.24, 2.45) is 0 Å². The Hall–Kier alpha value is -3.31. The molecule has 0 radical (unpaired) electrons. The molecule has 2 fully saturated rings. The van der Waals surface area contributed by atoms with Crippen LogP contribution < -0.4 is 19.3 Å². The van der Waals surface area contributed by atoms with Gasteiger partial charge in [-0.1, -0.05) is 0 Å². The lowest BCUT2D eigenvalue weighted by Gasteiger charge is -2.33. The number of ether oxygens (including phenoxy) is 2. The molecule has 0 saturated carbocycles. The van der Waals surface area contributed by atoms with E-state index in [0.29, 0.717) is 37.7 Å². The van der Waals surface area contributed by atoms with Gasteiger partial charge in [-0.3, -0.25) is 4.79 Å². The Labute approximate surface area is 196 Å². The number of fused-ring (bicyclic) bond motifs is 1. The smallest absolute Gasteiger partial charge is 0.300 e. The molecule has 1 aromatic heterocycles. The minimum Gasteiger partial charge on any atom is -0.495 e. The zero-order chi connectivity index (χ0) is 23.9. The van der Waals surface area contributed by atoms with Gasteiger partial charge in [-0.05, 0) is 30.7 Å². The number of carbonyl (C=O) groups is 1. The van der Waals surface area contributed by atoms with Crippen molar-refractivity contribution in [3.63, 3.8) is 0 Å². The number of rotatable bonds is 6. The Balaban J connectivity index is 1.42. The van der Waals surface area contributed by atoms with E-state index < -0.39 is 21.7 Å². The number of morpholine rings is 1. The number of methoxy groups -OCH3 is 1. The number of anilines is 2. The van der Waals surface area contributed by atoms with Crippen molar-refractivity contribution in [2.75, 3.05) is 56.3 Å². The molecule has 9 nitrogen and oxygen atoms in total. The van der Waals surface area contributed by atoms with Gasteiger partial charge in [-0.2, -0.15) is 0 Å². The van der Waals surface area contributed by atoms with Crippen LogP contribution in [0.15, 0.2) is 45.7 Å². The maximum absolute atomic E-state index is 14.6. The van der Waals surface area contributed by atoms with Crippen LogP contribution in [0.5, 0.6) is 5.75 Å². The highest BCUT2D eigenvalue weighted by Gasteiger charge is 2.27. The summed E-state index contributed by atoms with van der Waals surface area (Å²) in [7, 11) is -2.97. The van der Waals surface area contributed by atoms with Crippen LogP contribution in [0.3, 0.4) is 0 Å². The second kappa shape index (κ2) is 8.80. The summed E-state index contributed by atoms with van der Waals surface area (Å²) < 4.78 is 59.0. The van der Waals surface area contributed by atoms with Gasteiger partial charge in [-0.15, -0.1) is 0 Å². The summed E-state index contributed by atoms with van der Waals surface area (Å²) in [6.07, 6.45) is 1.03. The fourth-order valence-corrected chi connectivity index (χ4v) is 5.22. The molecule has 2 aliphatic rings. The van der Waals surface area contributed by atoms with Gasteiger partial charge in [0.1, 0.15) is 22.0 Å². The standard InChI is InChI=1S/C23H24FN3O6S/c1-31-19-4-3-15(27-7-9-32-10-8-27)13-22(19)34(29,30)25-23(28)21-14-17-18(24)11-16(12-20(17)33-21)26-5-2-6-26/h3-4,11-14H,2,5-10H2,1H3,(H,25,28). The quantitative estimate of drug-likeness (QED) is 0.564. The molecule has 0 bridgehead atoms. The van der Waals surface area contributed by atoms with E-state index in [1.807, 2.05) is 14.5 Å². The number of hydrogen-bond donors (Lipinski definition) is 1. The van der Waals surface area contributed by atoms with E-state index in [0.717, 1.165) is 19.5 Å². The van der Waals surface area contributed by atoms with Gasteiger partial charge >= 0.3 is 5.91 Å². The van der Waals surface area contributed by atoms with E-state index in [2.05, 4.69) is 0 Å². The van der Waals surface area contributed by atoms with Gasteiger partial charge in [0.05, 0.1) is 25.7 Å². The average molecular weight is 490 g/mol. The molecule has 180 valence electrons. The van der Waals surface area contributed by atoms with Crippen molar-refractivity contribution in [2.45, 2.75) is 11.3 Å². The lowest BCUT2D eigenvalue weighted by atomic mass is 10.1. The summed E-state index contributed by atoms with van der Waals surface area (Å²) >= 11 is 0. The van der Waals surface area contributed by atoms with Crippen LogP contribution in [-0.4, -0.2) is 60.8 Å². The minimum absolute atomic E-state index is 0.0900. The third-order valence-corrected chi connectivity index (χ3v) is 7.41. The number of nitrogens with one attached hydrogen (secondary N) is 1. The Kier molecular flexibility index (Phi) is 5.82. The Morgan fingerprint density at radius 1 is 1.03 bits per heavy atom. The number of halogens is 1.